The second-order valence-corrected chi connectivity index (χ2v) is 6.95. The molecule has 0 bridgehead atoms. The molecule has 0 radical (unpaired) electrons. The van der Waals surface area contributed by atoms with Crippen LogP contribution in [-0.2, 0) is 10.0 Å². The smallest absolute Gasteiger partial charge is 0.241 e. The first kappa shape index (κ1) is 15.4. The topological polar surface area (TPSA) is 92.4 Å². The van der Waals surface area contributed by atoms with Crippen molar-refractivity contribution in [3.63, 3.8) is 0 Å². The molecule has 7 heteroatoms. The maximum atomic E-state index is 12.1. The van der Waals surface area contributed by atoms with Gasteiger partial charge in [0.05, 0.1) is 10.5 Å². The van der Waals surface area contributed by atoms with E-state index in [1.807, 2.05) is 0 Å². The zero-order valence-electron chi connectivity index (χ0n) is 10.3. The first-order valence-corrected chi connectivity index (χ1v) is 7.72. The molecule has 1 atom stereocenters. The number of nitrogens with one attached hydrogen (secondary N) is 1. The lowest BCUT2D eigenvalue weighted by Gasteiger charge is -2.21. The van der Waals surface area contributed by atoms with Crippen LogP contribution in [0.2, 0.25) is 0 Å². The Hall–Kier alpha value is -0.630. The fraction of sp³-hybridized carbons (Fsp3) is 0.455. The Morgan fingerprint density at radius 2 is 2.11 bits per heavy atom. The van der Waals surface area contributed by atoms with Gasteiger partial charge in [-0.3, -0.25) is 0 Å². The van der Waals surface area contributed by atoms with Gasteiger partial charge in [0.25, 0.3) is 0 Å². The van der Waals surface area contributed by atoms with Crippen LogP contribution in [0.25, 0.3) is 0 Å². The lowest BCUT2D eigenvalue weighted by atomic mass is 10.1. The van der Waals surface area contributed by atoms with Crippen molar-refractivity contribution >= 4 is 31.6 Å². The van der Waals surface area contributed by atoms with Crippen molar-refractivity contribution in [3.05, 3.63) is 22.7 Å². The SMILES string of the molecule is CCC(C)(O)CNS(=O)(=O)c1cc(N)ccc1Br. The Balaban J connectivity index is 2.97. The molecule has 5 nitrogen and oxygen atoms in total. The Kier molecular flexibility index (Phi) is 4.77. The molecule has 0 aliphatic rings. The molecule has 0 amide bonds. The lowest BCUT2D eigenvalue weighted by molar-refractivity contribution is 0.0613. The molecular formula is C11H17BrN2O3S. The van der Waals surface area contributed by atoms with Crippen molar-refractivity contribution < 1.29 is 13.5 Å². The fourth-order valence-electron chi connectivity index (χ4n) is 1.18. The van der Waals surface area contributed by atoms with E-state index in [-0.39, 0.29) is 11.4 Å². The zero-order valence-corrected chi connectivity index (χ0v) is 12.7. The normalized spacial score (nSPS) is 15.3. The molecule has 18 heavy (non-hydrogen) atoms. The third-order valence-electron chi connectivity index (χ3n) is 2.65. The van der Waals surface area contributed by atoms with Crippen LogP contribution >= 0.6 is 15.9 Å². The van der Waals surface area contributed by atoms with Crippen molar-refractivity contribution in [1.29, 1.82) is 0 Å². The Morgan fingerprint density at radius 1 is 1.50 bits per heavy atom. The number of hydrogen-bond acceptors (Lipinski definition) is 4. The molecule has 0 heterocycles. The molecular weight excluding hydrogens is 320 g/mol. The second kappa shape index (κ2) is 5.56. The molecule has 4 N–H and O–H groups in total. The number of sulfonamides is 1. The van der Waals surface area contributed by atoms with Gasteiger partial charge in [0.1, 0.15) is 0 Å². The molecule has 1 aromatic carbocycles. The summed E-state index contributed by atoms with van der Waals surface area (Å²) in [7, 11) is -3.69. The molecule has 0 spiro atoms. The minimum atomic E-state index is -3.69. The average Bonchev–Trinajstić information content (AvgIpc) is 2.30. The second-order valence-electron chi connectivity index (χ2n) is 4.36. The number of hydrogen-bond donors (Lipinski definition) is 3. The molecule has 0 aliphatic carbocycles. The summed E-state index contributed by atoms with van der Waals surface area (Å²) in [5.74, 6) is 0. The van der Waals surface area contributed by atoms with E-state index in [0.29, 0.717) is 16.6 Å². The van der Waals surface area contributed by atoms with E-state index in [2.05, 4.69) is 20.7 Å². The number of rotatable bonds is 5. The van der Waals surface area contributed by atoms with Crippen LogP contribution in [0, 0.1) is 0 Å². The number of benzene rings is 1. The summed E-state index contributed by atoms with van der Waals surface area (Å²) in [4.78, 5) is 0.0643. The van der Waals surface area contributed by atoms with E-state index in [0.717, 1.165) is 0 Å². The highest BCUT2D eigenvalue weighted by molar-refractivity contribution is 9.10. The summed E-state index contributed by atoms with van der Waals surface area (Å²) < 4.78 is 26.9. The van der Waals surface area contributed by atoms with E-state index in [1.165, 1.54) is 6.07 Å². The largest absolute Gasteiger partial charge is 0.399 e. The van der Waals surface area contributed by atoms with Gasteiger partial charge >= 0.3 is 0 Å². The van der Waals surface area contributed by atoms with Crippen LogP contribution in [-0.4, -0.2) is 25.7 Å². The summed E-state index contributed by atoms with van der Waals surface area (Å²) >= 11 is 3.17. The van der Waals surface area contributed by atoms with Crippen LogP contribution in [0.15, 0.2) is 27.6 Å². The van der Waals surface area contributed by atoms with Gasteiger partial charge in [-0.1, -0.05) is 6.92 Å². The minimum Gasteiger partial charge on any atom is -0.399 e. The van der Waals surface area contributed by atoms with Crippen LogP contribution in [0.3, 0.4) is 0 Å². The van der Waals surface area contributed by atoms with E-state index in [4.69, 9.17) is 5.73 Å². The van der Waals surface area contributed by atoms with Gasteiger partial charge in [-0.05, 0) is 47.5 Å². The van der Waals surface area contributed by atoms with E-state index in [9.17, 15) is 13.5 Å². The first-order valence-electron chi connectivity index (χ1n) is 5.45. The van der Waals surface area contributed by atoms with Crippen molar-refractivity contribution in [3.8, 4) is 0 Å². The molecule has 0 aliphatic heterocycles. The molecule has 0 saturated carbocycles. The minimum absolute atomic E-state index is 0.0485. The number of nitrogen functional groups attached to an aromatic ring is 1. The van der Waals surface area contributed by atoms with Gasteiger partial charge in [0.15, 0.2) is 0 Å². The van der Waals surface area contributed by atoms with Gasteiger partial charge in [0.2, 0.25) is 10.0 Å². The molecule has 102 valence electrons. The van der Waals surface area contributed by atoms with Crippen LogP contribution < -0.4 is 10.5 Å². The first-order chi connectivity index (χ1) is 8.18. The van der Waals surface area contributed by atoms with Crippen LogP contribution in [0.4, 0.5) is 5.69 Å². The fourth-order valence-corrected chi connectivity index (χ4v) is 3.34. The van der Waals surface area contributed by atoms with Gasteiger partial charge < -0.3 is 10.8 Å². The molecule has 1 rings (SSSR count). The van der Waals surface area contributed by atoms with E-state index < -0.39 is 15.6 Å². The van der Waals surface area contributed by atoms with Gasteiger partial charge in [-0.15, -0.1) is 0 Å². The molecule has 0 saturated heterocycles. The summed E-state index contributed by atoms with van der Waals surface area (Å²) in [5.41, 5.74) is 4.86. The van der Waals surface area contributed by atoms with Gasteiger partial charge in [-0.2, -0.15) is 0 Å². The maximum absolute atomic E-state index is 12.1. The third-order valence-corrected chi connectivity index (χ3v) is 5.04. The van der Waals surface area contributed by atoms with Crippen LogP contribution in [0.1, 0.15) is 20.3 Å². The Labute approximate surface area is 116 Å². The maximum Gasteiger partial charge on any atom is 0.241 e. The summed E-state index contributed by atoms with van der Waals surface area (Å²) in [5, 5.41) is 9.79. The molecule has 1 aromatic rings. The summed E-state index contributed by atoms with van der Waals surface area (Å²) in [6.07, 6.45) is 0.452. The molecule has 1 unspecified atom stereocenters. The van der Waals surface area contributed by atoms with Crippen molar-refractivity contribution in [1.82, 2.24) is 4.72 Å². The Bertz CT molecular complexity index is 529. The summed E-state index contributed by atoms with van der Waals surface area (Å²) in [6, 6.07) is 4.54. The van der Waals surface area contributed by atoms with Gasteiger partial charge in [-0.25, -0.2) is 13.1 Å². The predicted octanol–water partition coefficient (Wildman–Crippen LogP) is 1.47. The van der Waals surface area contributed by atoms with E-state index >= 15 is 0 Å². The highest BCUT2D eigenvalue weighted by Crippen LogP contribution is 2.24. The highest BCUT2D eigenvalue weighted by Gasteiger charge is 2.23. The Morgan fingerprint density at radius 3 is 2.67 bits per heavy atom. The summed E-state index contributed by atoms with van der Waals surface area (Å²) in [6.45, 7) is 3.31. The number of halogens is 1. The number of aliphatic hydroxyl groups is 1. The quantitative estimate of drug-likeness (QED) is 0.710. The molecule has 0 aromatic heterocycles. The standard InChI is InChI=1S/C11H17BrN2O3S/c1-3-11(2,15)7-14-18(16,17)10-6-8(13)4-5-9(10)12/h4-6,14-15H,3,7,13H2,1-2H3. The highest BCUT2D eigenvalue weighted by atomic mass is 79.9. The lowest BCUT2D eigenvalue weighted by Crippen LogP contribution is -2.40. The number of nitrogens with two attached hydrogens (primary N) is 1. The van der Waals surface area contributed by atoms with Gasteiger partial charge in [0, 0.05) is 16.7 Å². The van der Waals surface area contributed by atoms with Crippen molar-refractivity contribution in [2.45, 2.75) is 30.8 Å². The van der Waals surface area contributed by atoms with Crippen molar-refractivity contribution in [2.75, 3.05) is 12.3 Å². The molecule has 0 fully saturated rings. The average molecular weight is 337 g/mol. The van der Waals surface area contributed by atoms with Crippen molar-refractivity contribution in [2.24, 2.45) is 0 Å². The zero-order chi connectivity index (χ0) is 14.0. The van der Waals surface area contributed by atoms with Crippen LogP contribution in [0.5, 0.6) is 0 Å². The number of anilines is 1. The predicted molar refractivity (Wildman–Crippen MR) is 74.7 cm³/mol. The third kappa shape index (κ3) is 3.94. The van der Waals surface area contributed by atoms with E-state index in [1.54, 1.807) is 26.0 Å². The monoisotopic (exact) mass is 336 g/mol.